The highest BCUT2D eigenvalue weighted by atomic mass is 35.5. The topological polar surface area (TPSA) is 71.7 Å². The monoisotopic (exact) mass is 462 g/mol. The van der Waals surface area contributed by atoms with Crippen LogP contribution in [0.25, 0.3) is 22.2 Å². The Hall–Kier alpha value is -3.42. The SMILES string of the molecule is O=C(COc1ccc(Cl)cc1)N1CCN(Cc2noc(-c3ccc4ccccc4c3)n2)CC1. The third-order valence-corrected chi connectivity index (χ3v) is 5.98. The minimum absolute atomic E-state index is 0.0155. The lowest BCUT2D eigenvalue weighted by Crippen LogP contribution is -2.49. The van der Waals surface area contributed by atoms with E-state index in [0.717, 1.165) is 24.0 Å². The standard InChI is InChI=1S/C25H23ClN4O3/c26-21-7-9-22(10-8-21)32-17-24(31)30-13-11-29(12-14-30)16-23-27-25(33-28-23)20-6-5-18-3-1-2-4-19(18)15-20/h1-10,15H,11-14,16-17H2. The molecular weight excluding hydrogens is 440 g/mol. The van der Waals surface area contributed by atoms with E-state index < -0.39 is 0 Å². The van der Waals surface area contributed by atoms with Crippen molar-refractivity contribution in [1.29, 1.82) is 0 Å². The Kier molecular flexibility index (Phi) is 6.24. The molecule has 1 aliphatic rings. The van der Waals surface area contributed by atoms with Crippen molar-refractivity contribution >= 4 is 28.3 Å². The fraction of sp³-hybridized carbons (Fsp3) is 0.240. The number of hydrogen-bond donors (Lipinski definition) is 0. The second-order valence-corrected chi connectivity index (χ2v) is 8.41. The Morgan fingerprint density at radius 3 is 2.52 bits per heavy atom. The lowest BCUT2D eigenvalue weighted by Gasteiger charge is -2.34. The molecule has 0 atom stereocenters. The summed E-state index contributed by atoms with van der Waals surface area (Å²) in [7, 11) is 0. The summed E-state index contributed by atoms with van der Waals surface area (Å²) in [5.74, 6) is 1.77. The average molecular weight is 463 g/mol. The van der Waals surface area contributed by atoms with Gasteiger partial charge in [-0.1, -0.05) is 47.1 Å². The van der Waals surface area contributed by atoms with E-state index in [0.29, 0.717) is 42.1 Å². The molecule has 5 rings (SSSR count). The molecule has 0 spiro atoms. The number of amides is 1. The van der Waals surface area contributed by atoms with E-state index in [1.165, 1.54) is 5.39 Å². The molecule has 1 saturated heterocycles. The van der Waals surface area contributed by atoms with E-state index in [4.69, 9.17) is 20.9 Å². The van der Waals surface area contributed by atoms with E-state index in [1.807, 2.05) is 23.1 Å². The van der Waals surface area contributed by atoms with Gasteiger partial charge in [-0.15, -0.1) is 0 Å². The quantitative estimate of drug-likeness (QED) is 0.426. The van der Waals surface area contributed by atoms with E-state index >= 15 is 0 Å². The molecule has 33 heavy (non-hydrogen) atoms. The first-order valence-corrected chi connectivity index (χ1v) is 11.2. The van der Waals surface area contributed by atoms with Crippen LogP contribution in [0.2, 0.25) is 5.02 Å². The Labute approximate surface area is 196 Å². The van der Waals surface area contributed by atoms with Crippen LogP contribution in [0.15, 0.2) is 71.3 Å². The molecule has 8 heteroatoms. The summed E-state index contributed by atoms with van der Waals surface area (Å²) in [5, 5.41) is 7.10. The first kappa shape index (κ1) is 21.4. The molecule has 0 aliphatic carbocycles. The summed E-state index contributed by atoms with van der Waals surface area (Å²) in [6, 6.07) is 21.3. The van der Waals surface area contributed by atoms with Crippen molar-refractivity contribution < 1.29 is 14.1 Å². The van der Waals surface area contributed by atoms with Crippen molar-refractivity contribution in [2.24, 2.45) is 0 Å². The number of halogens is 1. The molecule has 0 N–H and O–H groups in total. The zero-order valence-electron chi connectivity index (χ0n) is 18.0. The van der Waals surface area contributed by atoms with Crippen LogP contribution in [0.5, 0.6) is 5.75 Å². The van der Waals surface area contributed by atoms with Gasteiger partial charge in [0, 0.05) is 36.8 Å². The number of carbonyl (C=O) groups excluding carboxylic acids is 1. The predicted octanol–water partition coefficient (Wildman–Crippen LogP) is 4.27. The zero-order valence-corrected chi connectivity index (χ0v) is 18.7. The van der Waals surface area contributed by atoms with Gasteiger partial charge in [0.1, 0.15) is 5.75 Å². The molecular formula is C25H23ClN4O3. The third-order valence-electron chi connectivity index (χ3n) is 5.73. The molecule has 3 aromatic carbocycles. The first-order valence-electron chi connectivity index (χ1n) is 10.8. The summed E-state index contributed by atoms with van der Waals surface area (Å²) in [4.78, 5) is 21.1. The van der Waals surface area contributed by atoms with Gasteiger partial charge in [0.15, 0.2) is 12.4 Å². The van der Waals surface area contributed by atoms with E-state index in [9.17, 15) is 4.79 Å². The van der Waals surface area contributed by atoms with Gasteiger partial charge in [-0.25, -0.2) is 0 Å². The van der Waals surface area contributed by atoms with Gasteiger partial charge < -0.3 is 14.2 Å². The average Bonchev–Trinajstić information content (AvgIpc) is 3.32. The van der Waals surface area contributed by atoms with Gasteiger partial charge in [-0.2, -0.15) is 4.98 Å². The number of ether oxygens (including phenoxy) is 1. The van der Waals surface area contributed by atoms with Crippen LogP contribution in [0.3, 0.4) is 0 Å². The minimum atomic E-state index is -0.0252. The van der Waals surface area contributed by atoms with Crippen LogP contribution in [0.1, 0.15) is 5.82 Å². The van der Waals surface area contributed by atoms with Gasteiger partial charge in [-0.05, 0) is 47.2 Å². The van der Waals surface area contributed by atoms with Gasteiger partial charge in [0.25, 0.3) is 11.8 Å². The number of nitrogens with zero attached hydrogens (tertiary/aromatic N) is 4. The fourth-order valence-electron chi connectivity index (χ4n) is 3.88. The van der Waals surface area contributed by atoms with Crippen molar-refractivity contribution in [2.75, 3.05) is 32.8 Å². The smallest absolute Gasteiger partial charge is 0.260 e. The normalized spacial score (nSPS) is 14.5. The zero-order chi connectivity index (χ0) is 22.6. The molecule has 1 aromatic heterocycles. The summed E-state index contributed by atoms with van der Waals surface area (Å²) in [6.07, 6.45) is 0. The summed E-state index contributed by atoms with van der Waals surface area (Å²) in [5.41, 5.74) is 0.906. The second-order valence-electron chi connectivity index (χ2n) is 7.98. The van der Waals surface area contributed by atoms with Gasteiger partial charge >= 0.3 is 0 Å². The highest BCUT2D eigenvalue weighted by Gasteiger charge is 2.23. The molecule has 2 heterocycles. The fourth-order valence-corrected chi connectivity index (χ4v) is 4.01. The lowest BCUT2D eigenvalue weighted by molar-refractivity contribution is -0.135. The molecule has 0 saturated carbocycles. The maximum absolute atomic E-state index is 12.5. The summed E-state index contributed by atoms with van der Waals surface area (Å²) >= 11 is 5.87. The minimum Gasteiger partial charge on any atom is -0.484 e. The van der Waals surface area contributed by atoms with Crippen LogP contribution in [-0.2, 0) is 11.3 Å². The van der Waals surface area contributed by atoms with Crippen LogP contribution in [-0.4, -0.2) is 58.6 Å². The molecule has 4 aromatic rings. The molecule has 1 amide bonds. The summed E-state index contributed by atoms with van der Waals surface area (Å²) in [6.45, 7) is 3.36. The van der Waals surface area contributed by atoms with Crippen molar-refractivity contribution in [3.05, 3.63) is 77.6 Å². The molecule has 0 radical (unpaired) electrons. The van der Waals surface area contributed by atoms with Crippen molar-refractivity contribution in [1.82, 2.24) is 19.9 Å². The molecule has 0 bridgehead atoms. The molecule has 7 nitrogen and oxygen atoms in total. The van der Waals surface area contributed by atoms with Crippen molar-refractivity contribution in [3.8, 4) is 17.2 Å². The van der Waals surface area contributed by atoms with E-state index in [1.54, 1.807) is 24.3 Å². The Bertz CT molecular complexity index is 1250. The molecule has 0 unspecified atom stereocenters. The highest BCUT2D eigenvalue weighted by Crippen LogP contribution is 2.23. The molecule has 1 aliphatic heterocycles. The van der Waals surface area contributed by atoms with Crippen LogP contribution in [0, 0.1) is 0 Å². The maximum Gasteiger partial charge on any atom is 0.260 e. The number of fused-ring (bicyclic) bond motifs is 1. The maximum atomic E-state index is 12.5. The van der Waals surface area contributed by atoms with Gasteiger partial charge in [0.2, 0.25) is 0 Å². The van der Waals surface area contributed by atoms with Crippen molar-refractivity contribution in [2.45, 2.75) is 6.54 Å². The molecule has 168 valence electrons. The van der Waals surface area contributed by atoms with Gasteiger partial charge in [0.05, 0.1) is 6.54 Å². The predicted molar refractivity (Wildman–Crippen MR) is 126 cm³/mol. The van der Waals surface area contributed by atoms with Crippen LogP contribution in [0.4, 0.5) is 0 Å². The largest absolute Gasteiger partial charge is 0.484 e. The van der Waals surface area contributed by atoms with Gasteiger partial charge in [-0.3, -0.25) is 9.69 Å². The number of aromatic nitrogens is 2. The van der Waals surface area contributed by atoms with Crippen LogP contribution < -0.4 is 4.74 Å². The number of piperazine rings is 1. The third kappa shape index (κ3) is 5.16. The van der Waals surface area contributed by atoms with Crippen molar-refractivity contribution in [3.63, 3.8) is 0 Å². The highest BCUT2D eigenvalue weighted by molar-refractivity contribution is 6.30. The first-order chi connectivity index (χ1) is 16.1. The summed E-state index contributed by atoms with van der Waals surface area (Å²) < 4.78 is 11.1. The van der Waals surface area contributed by atoms with Crippen LogP contribution >= 0.6 is 11.6 Å². The number of hydrogen-bond acceptors (Lipinski definition) is 6. The number of rotatable bonds is 6. The Balaban J connectivity index is 1.12. The molecule has 1 fully saturated rings. The Morgan fingerprint density at radius 2 is 1.73 bits per heavy atom. The van der Waals surface area contributed by atoms with E-state index in [-0.39, 0.29) is 12.5 Å². The number of carbonyl (C=O) groups is 1. The Morgan fingerprint density at radius 1 is 0.970 bits per heavy atom. The van der Waals surface area contributed by atoms with E-state index in [2.05, 4.69) is 39.3 Å². The second kappa shape index (κ2) is 9.60. The number of benzene rings is 3. The lowest BCUT2D eigenvalue weighted by atomic mass is 10.1.